The molecule has 0 aliphatic rings. The second-order valence-corrected chi connectivity index (χ2v) is 7.18. The van der Waals surface area contributed by atoms with Gasteiger partial charge in [-0.25, -0.2) is 9.67 Å². The number of nitrogens with one attached hydrogen (secondary N) is 2. The van der Waals surface area contributed by atoms with Crippen molar-refractivity contribution in [2.24, 2.45) is 4.99 Å². The Bertz CT molecular complexity index is 972. The molecule has 2 heterocycles. The minimum atomic E-state index is 0. The van der Waals surface area contributed by atoms with E-state index in [1.54, 1.807) is 0 Å². The van der Waals surface area contributed by atoms with Gasteiger partial charge in [0.25, 0.3) is 0 Å². The highest BCUT2D eigenvalue weighted by Gasteiger charge is 2.15. The highest BCUT2D eigenvalue weighted by Crippen LogP contribution is 2.18. The van der Waals surface area contributed by atoms with Crippen molar-refractivity contribution < 1.29 is 4.52 Å². The monoisotopic (exact) mass is 536 g/mol. The van der Waals surface area contributed by atoms with Crippen LogP contribution in [0.25, 0.3) is 5.69 Å². The second-order valence-electron chi connectivity index (χ2n) is 7.18. The second kappa shape index (κ2) is 11.9. The van der Waals surface area contributed by atoms with Crippen LogP contribution < -0.4 is 10.6 Å². The average molecular weight is 536 g/mol. The number of guanidine groups is 1. The summed E-state index contributed by atoms with van der Waals surface area (Å²) in [5.41, 5.74) is 6.47. The van der Waals surface area contributed by atoms with Crippen molar-refractivity contribution in [3.05, 3.63) is 64.3 Å². The third-order valence-corrected chi connectivity index (χ3v) is 5.22. The van der Waals surface area contributed by atoms with E-state index in [1.807, 2.05) is 29.8 Å². The number of hydrogen-bond acceptors (Lipinski definition) is 4. The van der Waals surface area contributed by atoms with Gasteiger partial charge in [-0.3, -0.25) is 0 Å². The van der Waals surface area contributed by atoms with E-state index < -0.39 is 0 Å². The van der Waals surface area contributed by atoms with Crippen LogP contribution in [0, 0.1) is 13.8 Å². The molecule has 31 heavy (non-hydrogen) atoms. The number of para-hydroxylation sites is 1. The van der Waals surface area contributed by atoms with Crippen molar-refractivity contribution in [1.29, 1.82) is 0 Å². The standard InChI is InChI=1S/C23H32N6O.HI/c1-6-21-20(22(7-2)30-28-21)15-26-23(24-8-3)25-14-19-16(4)27-29(17(19)5)18-12-10-9-11-13-18;/h9-13H,6-8,14-15H2,1-5H3,(H2,24,25,26);1H. The van der Waals surface area contributed by atoms with E-state index in [1.165, 1.54) is 5.56 Å². The van der Waals surface area contributed by atoms with Gasteiger partial charge in [-0.1, -0.05) is 37.2 Å². The van der Waals surface area contributed by atoms with E-state index >= 15 is 0 Å². The van der Waals surface area contributed by atoms with Gasteiger partial charge in [-0.15, -0.1) is 24.0 Å². The molecule has 0 aliphatic carbocycles. The van der Waals surface area contributed by atoms with E-state index in [2.05, 4.69) is 55.6 Å². The molecule has 0 radical (unpaired) electrons. The summed E-state index contributed by atoms with van der Waals surface area (Å²) in [5, 5.41) is 15.7. The Morgan fingerprint density at radius 2 is 1.77 bits per heavy atom. The number of halogens is 1. The largest absolute Gasteiger partial charge is 0.361 e. The third kappa shape index (κ3) is 5.87. The van der Waals surface area contributed by atoms with Gasteiger partial charge in [-0.2, -0.15) is 5.10 Å². The number of aryl methyl sites for hydroxylation is 3. The molecule has 0 saturated heterocycles. The Morgan fingerprint density at radius 1 is 1.03 bits per heavy atom. The number of hydrogen-bond donors (Lipinski definition) is 2. The molecule has 3 aromatic rings. The Labute approximate surface area is 201 Å². The Morgan fingerprint density at radius 3 is 2.42 bits per heavy atom. The van der Waals surface area contributed by atoms with Gasteiger partial charge >= 0.3 is 0 Å². The van der Waals surface area contributed by atoms with Crippen LogP contribution in [0.4, 0.5) is 0 Å². The number of nitrogens with zero attached hydrogens (tertiary/aromatic N) is 4. The lowest BCUT2D eigenvalue weighted by molar-refractivity contribution is 0.380. The summed E-state index contributed by atoms with van der Waals surface area (Å²) in [6.45, 7) is 12.4. The lowest BCUT2D eigenvalue weighted by atomic mass is 10.1. The molecule has 0 bridgehead atoms. The summed E-state index contributed by atoms with van der Waals surface area (Å²) in [6, 6.07) is 10.2. The lowest BCUT2D eigenvalue weighted by Gasteiger charge is -2.12. The summed E-state index contributed by atoms with van der Waals surface area (Å²) in [6.07, 6.45) is 1.66. The molecular formula is C23H33IN6O. The van der Waals surface area contributed by atoms with Crippen LogP contribution in [-0.2, 0) is 25.9 Å². The first-order valence-corrected chi connectivity index (χ1v) is 10.7. The number of aliphatic imine (C=N–C) groups is 1. The summed E-state index contributed by atoms with van der Waals surface area (Å²) < 4.78 is 7.46. The highest BCUT2D eigenvalue weighted by molar-refractivity contribution is 14.0. The van der Waals surface area contributed by atoms with Gasteiger partial charge in [-0.05, 0) is 39.3 Å². The fourth-order valence-electron chi connectivity index (χ4n) is 3.54. The maximum atomic E-state index is 5.46. The molecule has 0 fully saturated rings. The maximum absolute atomic E-state index is 5.46. The predicted molar refractivity (Wildman–Crippen MR) is 135 cm³/mol. The van der Waals surface area contributed by atoms with Crippen LogP contribution in [0.5, 0.6) is 0 Å². The molecule has 0 saturated carbocycles. The van der Waals surface area contributed by atoms with Gasteiger partial charge in [0.05, 0.1) is 23.6 Å². The van der Waals surface area contributed by atoms with Gasteiger partial charge in [0.2, 0.25) is 0 Å². The van der Waals surface area contributed by atoms with E-state index in [9.17, 15) is 0 Å². The first kappa shape index (κ1) is 24.9. The van der Waals surface area contributed by atoms with Crippen LogP contribution in [0.1, 0.15) is 54.7 Å². The third-order valence-electron chi connectivity index (χ3n) is 5.22. The van der Waals surface area contributed by atoms with Gasteiger partial charge in [0, 0.05) is 36.3 Å². The van der Waals surface area contributed by atoms with Crippen molar-refractivity contribution in [2.45, 2.75) is 60.5 Å². The van der Waals surface area contributed by atoms with Crippen molar-refractivity contribution in [2.75, 3.05) is 6.54 Å². The Hall–Kier alpha value is -2.36. The van der Waals surface area contributed by atoms with E-state index in [4.69, 9.17) is 14.6 Å². The van der Waals surface area contributed by atoms with Crippen LogP contribution in [-0.4, -0.2) is 27.4 Å². The normalized spacial score (nSPS) is 11.3. The number of aromatic nitrogens is 3. The molecular weight excluding hydrogens is 503 g/mol. The molecule has 1 aromatic carbocycles. The topological polar surface area (TPSA) is 80.3 Å². The SMILES string of the molecule is CCNC(=NCc1c(CC)noc1CC)NCc1c(C)nn(-c2ccccc2)c1C.I. The van der Waals surface area contributed by atoms with E-state index in [0.29, 0.717) is 13.1 Å². The zero-order chi connectivity index (χ0) is 21.5. The average Bonchev–Trinajstić information content (AvgIpc) is 3.30. The molecule has 0 amide bonds. The van der Waals surface area contributed by atoms with Crippen molar-refractivity contribution in [3.8, 4) is 5.69 Å². The summed E-state index contributed by atoms with van der Waals surface area (Å²) >= 11 is 0. The summed E-state index contributed by atoms with van der Waals surface area (Å²) in [4.78, 5) is 4.78. The van der Waals surface area contributed by atoms with E-state index in [-0.39, 0.29) is 24.0 Å². The zero-order valence-electron chi connectivity index (χ0n) is 19.0. The van der Waals surface area contributed by atoms with Crippen LogP contribution >= 0.6 is 24.0 Å². The molecule has 2 aromatic heterocycles. The first-order valence-electron chi connectivity index (χ1n) is 10.7. The number of benzene rings is 1. The molecule has 0 unspecified atom stereocenters. The van der Waals surface area contributed by atoms with Gasteiger partial charge in [0.15, 0.2) is 5.96 Å². The maximum Gasteiger partial charge on any atom is 0.191 e. The molecule has 8 heteroatoms. The number of rotatable bonds is 8. The Kier molecular flexibility index (Phi) is 9.54. The highest BCUT2D eigenvalue weighted by atomic mass is 127. The zero-order valence-corrected chi connectivity index (χ0v) is 21.4. The van der Waals surface area contributed by atoms with Crippen molar-refractivity contribution in [1.82, 2.24) is 25.6 Å². The van der Waals surface area contributed by atoms with Crippen molar-refractivity contribution in [3.63, 3.8) is 0 Å². The van der Waals surface area contributed by atoms with Crippen LogP contribution in [0.2, 0.25) is 0 Å². The smallest absolute Gasteiger partial charge is 0.191 e. The quantitative estimate of drug-likeness (QED) is 0.252. The molecule has 168 valence electrons. The minimum Gasteiger partial charge on any atom is -0.361 e. The molecule has 0 aliphatic heterocycles. The molecule has 0 spiro atoms. The molecule has 0 atom stereocenters. The van der Waals surface area contributed by atoms with Gasteiger partial charge in [0.1, 0.15) is 5.76 Å². The van der Waals surface area contributed by atoms with Gasteiger partial charge < -0.3 is 15.2 Å². The molecule has 2 N–H and O–H groups in total. The summed E-state index contributed by atoms with van der Waals surface area (Å²) in [7, 11) is 0. The lowest BCUT2D eigenvalue weighted by Crippen LogP contribution is -2.37. The predicted octanol–water partition coefficient (Wildman–Crippen LogP) is 4.48. The van der Waals surface area contributed by atoms with E-state index in [0.717, 1.165) is 59.4 Å². The Balaban J connectivity index is 0.00000341. The minimum absolute atomic E-state index is 0. The molecule has 3 rings (SSSR count). The fourth-order valence-corrected chi connectivity index (χ4v) is 3.54. The first-order chi connectivity index (χ1) is 14.6. The van der Waals surface area contributed by atoms with Crippen LogP contribution in [0.3, 0.4) is 0 Å². The van der Waals surface area contributed by atoms with Crippen molar-refractivity contribution >= 4 is 29.9 Å². The van der Waals surface area contributed by atoms with Crippen LogP contribution in [0.15, 0.2) is 39.8 Å². The summed E-state index contributed by atoms with van der Waals surface area (Å²) in [5.74, 6) is 1.69. The fraction of sp³-hybridized carbons (Fsp3) is 0.435. The molecule has 7 nitrogen and oxygen atoms in total.